The van der Waals surface area contributed by atoms with Crippen molar-refractivity contribution in [2.45, 2.75) is 51.7 Å². The molecular weight excluding hydrogens is 350 g/mol. The number of carbonyl (C=O) groups is 2. The van der Waals surface area contributed by atoms with Crippen molar-refractivity contribution >= 4 is 11.8 Å². The summed E-state index contributed by atoms with van der Waals surface area (Å²) in [5, 5.41) is 5.86. The monoisotopic (exact) mass is 381 g/mol. The molecule has 2 rings (SSSR count). The minimum absolute atomic E-state index is 0.159. The lowest BCUT2D eigenvalue weighted by molar-refractivity contribution is -0.130. The molecule has 28 heavy (non-hydrogen) atoms. The van der Waals surface area contributed by atoms with Gasteiger partial charge in [0.05, 0.1) is 12.1 Å². The molecule has 3 atom stereocenters. The van der Waals surface area contributed by atoms with Crippen LogP contribution in [-0.4, -0.2) is 23.9 Å². The van der Waals surface area contributed by atoms with Crippen LogP contribution in [0.25, 0.3) is 0 Å². The standard InChI is InChI=1S/C23H31N3O2/c1-16(2)14-20(24)22(27)26-21(15-18-10-6-4-7-11-18)23(28)25-17(3)19-12-8-5-9-13-19/h4-13,16-17,20-21H,14-15,24H2,1-3H3,(H,25,28)(H,26,27)/t17-,20+,21-/m0/s1. The van der Waals surface area contributed by atoms with Crippen molar-refractivity contribution in [2.24, 2.45) is 11.7 Å². The maximum absolute atomic E-state index is 12.9. The van der Waals surface area contributed by atoms with E-state index >= 15 is 0 Å². The highest BCUT2D eigenvalue weighted by atomic mass is 16.2. The molecule has 2 aromatic carbocycles. The molecule has 0 spiro atoms. The Morgan fingerprint density at radius 2 is 1.43 bits per heavy atom. The van der Waals surface area contributed by atoms with Gasteiger partial charge in [0.1, 0.15) is 6.04 Å². The van der Waals surface area contributed by atoms with E-state index in [9.17, 15) is 9.59 Å². The molecule has 4 N–H and O–H groups in total. The third kappa shape index (κ3) is 6.82. The molecule has 5 heteroatoms. The van der Waals surface area contributed by atoms with Crippen LogP contribution in [0.15, 0.2) is 60.7 Å². The summed E-state index contributed by atoms with van der Waals surface area (Å²) in [6, 6.07) is 17.9. The maximum Gasteiger partial charge on any atom is 0.243 e. The molecule has 0 aromatic heterocycles. The Morgan fingerprint density at radius 3 is 2.00 bits per heavy atom. The van der Waals surface area contributed by atoms with Gasteiger partial charge in [0.2, 0.25) is 11.8 Å². The average Bonchev–Trinajstić information content (AvgIpc) is 2.68. The van der Waals surface area contributed by atoms with Crippen molar-refractivity contribution in [3.8, 4) is 0 Å². The van der Waals surface area contributed by atoms with E-state index in [-0.39, 0.29) is 17.9 Å². The predicted octanol–water partition coefficient (Wildman–Crippen LogP) is 2.96. The number of nitrogens with two attached hydrogens (primary N) is 1. The number of benzene rings is 2. The molecule has 0 aliphatic heterocycles. The van der Waals surface area contributed by atoms with E-state index in [0.717, 1.165) is 11.1 Å². The summed E-state index contributed by atoms with van der Waals surface area (Å²) in [5.41, 5.74) is 8.00. The van der Waals surface area contributed by atoms with Gasteiger partial charge >= 0.3 is 0 Å². The molecule has 0 fully saturated rings. The third-order valence-electron chi connectivity index (χ3n) is 4.64. The van der Waals surface area contributed by atoms with Crippen molar-refractivity contribution in [3.63, 3.8) is 0 Å². The highest BCUT2D eigenvalue weighted by Crippen LogP contribution is 2.12. The second kappa shape index (κ2) is 10.6. The molecular formula is C23H31N3O2. The second-order valence-electron chi connectivity index (χ2n) is 7.63. The molecule has 5 nitrogen and oxygen atoms in total. The van der Waals surface area contributed by atoms with Gasteiger partial charge in [0.25, 0.3) is 0 Å². The zero-order valence-electron chi connectivity index (χ0n) is 16.9. The van der Waals surface area contributed by atoms with Crippen LogP contribution in [0.1, 0.15) is 44.4 Å². The Bertz CT molecular complexity index is 747. The number of hydrogen-bond donors (Lipinski definition) is 3. The first-order valence-corrected chi connectivity index (χ1v) is 9.82. The van der Waals surface area contributed by atoms with Gasteiger partial charge in [-0.3, -0.25) is 9.59 Å². The highest BCUT2D eigenvalue weighted by molar-refractivity contribution is 5.90. The van der Waals surface area contributed by atoms with Crippen molar-refractivity contribution in [1.29, 1.82) is 0 Å². The zero-order valence-corrected chi connectivity index (χ0v) is 16.9. The molecule has 0 unspecified atom stereocenters. The van der Waals surface area contributed by atoms with E-state index in [1.54, 1.807) is 0 Å². The highest BCUT2D eigenvalue weighted by Gasteiger charge is 2.25. The van der Waals surface area contributed by atoms with Crippen LogP contribution in [0.3, 0.4) is 0 Å². The topological polar surface area (TPSA) is 84.2 Å². The number of amides is 2. The summed E-state index contributed by atoms with van der Waals surface area (Å²) in [6.45, 7) is 5.96. The van der Waals surface area contributed by atoms with E-state index < -0.39 is 12.1 Å². The molecule has 2 amide bonds. The van der Waals surface area contributed by atoms with Crippen molar-refractivity contribution in [2.75, 3.05) is 0 Å². The van der Waals surface area contributed by atoms with Crippen LogP contribution in [0.5, 0.6) is 0 Å². The van der Waals surface area contributed by atoms with Crippen LogP contribution >= 0.6 is 0 Å². The minimum atomic E-state index is -0.681. The summed E-state index contributed by atoms with van der Waals surface area (Å²) in [5.74, 6) is -0.206. The Morgan fingerprint density at radius 1 is 0.857 bits per heavy atom. The Kier molecular flexibility index (Phi) is 8.20. The van der Waals surface area contributed by atoms with Crippen LogP contribution in [0.4, 0.5) is 0 Å². The van der Waals surface area contributed by atoms with Crippen molar-refractivity contribution < 1.29 is 9.59 Å². The van der Waals surface area contributed by atoms with Gasteiger partial charge in [-0.05, 0) is 30.4 Å². The minimum Gasteiger partial charge on any atom is -0.348 e. The second-order valence-corrected chi connectivity index (χ2v) is 7.63. The Labute approximate surface area is 167 Å². The van der Waals surface area contributed by atoms with Gasteiger partial charge in [-0.2, -0.15) is 0 Å². The molecule has 0 heterocycles. The van der Waals surface area contributed by atoms with Gasteiger partial charge < -0.3 is 16.4 Å². The molecule has 150 valence electrons. The summed E-state index contributed by atoms with van der Waals surface area (Å²) in [7, 11) is 0. The summed E-state index contributed by atoms with van der Waals surface area (Å²) in [6.07, 6.45) is 0.986. The number of nitrogens with one attached hydrogen (secondary N) is 2. The van der Waals surface area contributed by atoms with E-state index in [4.69, 9.17) is 5.73 Å². The predicted molar refractivity (Wildman–Crippen MR) is 113 cm³/mol. The van der Waals surface area contributed by atoms with Gasteiger partial charge in [0, 0.05) is 6.42 Å². The Hall–Kier alpha value is -2.66. The number of carbonyl (C=O) groups excluding carboxylic acids is 2. The van der Waals surface area contributed by atoms with E-state index in [0.29, 0.717) is 18.8 Å². The van der Waals surface area contributed by atoms with Crippen LogP contribution < -0.4 is 16.4 Å². The first-order chi connectivity index (χ1) is 13.4. The van der Waals surface area contributed by atoms with Gasteiger partial charge in [-0.1, -0.05) is 74.5 Å². The first kappa shape index (κ1) is 21.6. The number of hydrogen-bond acceptors (Lipinski definition) is 3. The molecule has 0 aliphatic rings. The lowest BCUT2D eigenvalue weighted by Gasteiger charge is -2.23. The largest absolute Gasteiger partial charge is 0.348 e. The normalized spacial score (nSPS) is 14.2. The van der Waals surface area contributed by atoms with Crippen molar-refractivity contribution in [3.05, 3.63) is 71.8 Å². The van der Waals surface area contributed by atoms with Crippen LogP contribution in [0.2, 0.25) is 0 Å². The molecule has 0 saturated heterocycles. The van der Waals surface area contributed by atoms with Gasteiger partial charge in [0.15, 0.2) is 0 Å². The van der Waals surface area contributed by atoms with Crippen LogP contribution in [-0.2, 0) is 16.0 Å². The Balaban J connectivity index is 2.10. The maximum atomic E-state index is 12.9. The fraction of sp³-hybridized carbons (Fsp3) is 0.391. The smallest absolute Gasteiger partial charge is 0.243 e. The third-order valence-corrected chi connectivity index (χ3v) is 4.64. The number of rotatable bonds is 9. The van der Waals surface area contributed by atoms with Crippen molar-refractivity contribution in [1.82, 2.24) is 10.6 Å². The fourth-order valence-corrected chi connectivity index (χ4v) is 3.09. The van der Waals surface area contributed by atoms with Crippen LogP contribution in [0, 0.1) is 5.92 Å². The molecule has 0 aliphatic carbocycles. The summed E-state index contributed by atoms with van der Waals surface area (Å²) < 4.78 is 0. The lowest BCUT2D eigenvalue weighted by atomic mass is 10.0. The SMILES string of the molecule is CC(C)C[C@@H](N)C(=O)N[C@@H](Cc1ccccc1)C(=O)N[C@@H](C)c1ccccc1. The van der Waals surface area contributed by atoms with Gasteiger partial charge in [-0.25, -0.2) is 0 Å². The molecule has 0 saturated carbocycles. The lowest BCUT2D eigenvalue weighted by Crippen LogP contribution is -2.53. The van der Waals surface area contributed by atoms with E-state index in [1.807, 2.05) is 81.4 Å². The molecule has 2 aromatic rings. The van der Waals surface area contributed by atoms with E-state index in [1.165, 1.54) is 0 Å². The fourth-order valence-electron chi connectivity index (χ4n) is 3.09. The average molecular weight is 382 g/mol. The molecule has 0 radical (unpaired) electrons. The summed E-state index contributed by atoms with van der Waals surface area (Å²) >= 11 is 0. The summed E-state index contributed by atoms with van der Waals surface area (Å²) in [4.78, 5) is 25.5. The van der Waals surface area contributed by atoms with E-state index in [2.05, 4.69) is 10.6 Å². The first-order valence-electron chi connectivity index (χ1n) is 9.82. The quantitative estimate of drug-likeness (QED) is 0.624. The zero-order chi connectivity index (χ0) is 20.5. The van der Waals surface area contributed by atoms with Gasteiger partial charge in [-0.15, -0.1) is 0 Å². The molecule has 0 bridgehead atoms.